The van der Waals surface area contributed by atoms with Crippen molar-refractivity contribution < 1.29 is 29.3 Å². The van der Waals surface area contributed by atoms with Crippen LogP contribution in [0.2, 0.25) is 0 Å². The molecule has 9 nitrogen and oxygen atoms in total. The van der Waals surface area contributed by atoms with Crippen LogP contribution in [0.4, 0.5) is 0 Å². The molecule has 0 aromatic heterocycles. The molecule has 0 spiro atoms. The molecule has 6 N–H and O–H groups in total. The van der Waals surface area contributed by atoms with Crippen molar-refractivity contribution in [2.24, 2.45) is 5.73 Å². The highest BCUT2D eigenvalue weighted by Crippen LogP contribution is 2.20. The average molecular weight is 377 g/mol. The van der Waals surface area contributed by atoms with Crippen molar-refractivity contribution in [1.29, 1.82) is 0 Å². The summed E-state index contributed by atoms with van der Waals surface area (Å²) < 4.78 is 5.03. The van der Waals surface area contributed by atoms with Gasteiger partial charge in [0.25, 0.3) is 5.91 Å². The van der Waals surface area contributed by atoms with Crippen molar-refractivity contribution in [1.82, 2.24) is 10.6 Å². The molecule has 1 aromatic rings. The van der Waals surface area contributed by atoms with Crippen LogP contribution in [-0.2, 0) is 9.59 Å². The molecule has 1 aliphatic carbocycles. The molecule has 1 aromatic carbocycles. The molecule has 2 rings (SSSR count). The Morgan fingerprint density at radius 1 is 1.19 bits per heavy atom. The standard InChI is InChI=1S/C18H23N3O6/c1-27-12-4-2-10(3-5-12)18(26)21-13-8-11(9-14(22)16(13)24)17(25)20-7-6-15(19)23/h2-5,8,13-14,16,22,24H,6-7,9H2,1H3,(H2,19,23)(H,20,25)(H,21,26)/t13-,14-,16-/m1/s1. The summed E-state index contributed by atoms with van der Waals surface area (Å²) in [5, 5.41) is 25.3. The Morgan fingerprint density at radius 2 is 1.85 bits per heavy atom. The van der Waals surface area contributed by atoms with Gasteiger partial charge in [0.15, 0.2) is 0 Å². The first-order chi connectivity index (χ1) is 12.8. The lowest BCUT2D eigenvalue weighted by atomic mass is 9.90. The van der Waals surface area contributed by atoms with Crippen LogP contribution in [0.1, 0.15) is 23.2 Å². The molecule has 0 saturated heterocycles. The van der Waals surface area contributed by atoms with E-state index < -0.39 is 36.0 Å². The number of nitrogens with two attached hydrogens (primary N) is 1. The second-order valence-corrected chi connectivity index (χ2v) is 6.15. The zero-order valence-electron chi connectivity index (χ0n) is 14.8. The number of hydrogen-bond donors (Lipinski definition) is 5. The Labute approximate surface area is 156 Å². The number of aliphatic hydroxyl groups excluding tert-OH is 2. The number of benzene rings is 1. The zero-order valence-corrected chi connectivity index (χ0v) is 14.8. The fourth-order valence-electron chi connectivity index (χ4n) is 2.65. The monoisotopic (exact) mass is 377 g/mol. The van der Waals surface area contributed by atoms with Crippen LogP contribution < -0.4 is 21.1 Å². The number of nitrogens with one attached hydrogen (secondary N) is 2. The maximum absolute atomic E-state index is 12.4. The molecule has 0 bridgehead atoms. The maximum Gasteiger partial charge on any atom is 0.251 e. The van der Waals surface area contributed by atoms with Gasteiger partial charge < -0.3 is 31.3 Å². The lowest BCUT2D eigenvalue weighted by Crippen LogP contribution is -2.51. The number of aliphatic hydroxyl groups is 2. The minimum absolute atomic E-state index is 0.0121. The van der Waals surface area contributed by atoms with E-state index in [1.54, 1.807) is 24.3 Å². The van der Waals surface area contributed by atoms with Crippen molar-refractivity contribution in [2.45, 2.75) is 31.1 Å². The van der Waals surface area contributed by atoms with Crippen molar-refractivity contribution in [2.75, 3.05) is 13.7 Å². The highest BCUT2D eigenvalue weighted by molar-refractivity contribution is 5.96. The third-order valence-corrected chi connectivity index (χ3v) is 4.17. The second kappa shape index (κ2) is 9.15. The number of methoxy groups -OCH3 is 1. The number of hydrogen-bond acceptors (Lipinski definition) is 6. The summed E-state index contributed by atoms with van der Waals surface area (Å²) in [6, 6.07) is 5.41. The van der Waals surface area contributed by atoms with E-state index in [1.165, 1.54) is 13.2 Å². The van der Waals surface area contributed by atoms with Crippen molar-refractivity contribution in [3.05, 3.63) is 41.5 Å². The highest BCUT2D eigenvalue weighted by Gasteiger charge is 2.33. The largest absolute Gasteiger partial charge is 0.497 e. The molecule has 27 heavy (non-hydrogen) atoms. The molecule has 3 atom stereocenters. The third kappa shape index (κ3) is 5.53. The van der Waals surface area contributed by atoms with Gasteiger partial charge in [0.2, 0.25) is 11.8 Å². The maximum atomic E-state index is 12.4. The van der Waals surface area contributed by atoms with E-state index in [0.717, 1.165) is 0 Å². The van der Waals surface area contributed by atoms with E-state index in [-0.39, 0.29) is 25.0 Å². The van der Waals surface area contributed by atoms with Crippen molar-refractivity contribution in [3.8, 4) is 5.75 Å². The third-order valence-electron chi connectivity index (χ3n) is 4.17. The lowest BCUT2D eigenvalue weighted by Gasteiger charge is -2.31. The molecule has 0 saturated carbocycles. The minimum atomic E-state index is -1.26. The molecule has 0 heterocycles. The number of carbonyl (C=O) groups excluding carboxylic acids is 3. The van der Waals surface area contributed by atoms with E-state index in [2.05, 4.69) is 10.6 Å². The van der Waals surface area contributed by atoms with E-state index in [9.17, 15) is 24.6 Å². The van der Waals surface area contributed by atoms with E-state index >= 15 is 0 Å². The van der Waals surface area contributed by atoms with Crippen LogP contribution >= 0.6 is 0 Å². The molecule has 146 valence electrons. The van der Waals surface area contributed by atoms with Gasteiger partial charge in [-0.2, -0.15) is 0 Å². The fraction of sp³-hybridized carbons (Fsp3) is 0.389. The second-order valence-electron chi connectivity index (χ2n) is 6.15. The first-order valence-electron chi connectivity index (χ1n) is 8.40. The Hall–Kier alpha value is -2.91. The van der Waals surface area contributed by atoms with Gasteiger partial charge in [-0.1, -0.05) is 6.08 Å². The number of ether oxygens (including phenoxy) is 1. The van der Waals surface area contributed by atoms with Crippen molar-refractivity contribution >= 4 is 17.7 Å². The van der Waals surface area contributed by atoms with Gasteiger partial charge in [-0.25, -0.2) is 0 Å². The summed E-state index contributed by atoms with van der Waals surface area (Å²) >= 11 is 0. The van der Waals surface area contributed by atoms with Gasteiger partial charge in [-0.3, -0.25) is 14.4 Å². The van der Waals surface area contributed by atoms with Crippen LogP contribution in [0.15, 0.2) is 35.9 Å². The minimum Gasteiger partial charge on any atom is -0.497 e. The van der Waals surface area contributed by atoms with Crippen LogP contribution in [0.5, 0.6) is 5.75 Å². The summed E-state index contributed by atoms with van der Waals surface area (Å²) in [4.78, 5) is 35.2. The average Bonchev–Trinajstić information content (AvgIpc) is 2.64. The Kier molecular flexibility index (Phi) is 6.91. The number of rotatable bonds is 7. The molecule has 3 amide bonds. The Bertz CT molecular complexity index is 731. The number of primary amides is 1. The first kappa shape index (κ1) is 20.4. The fourth-order valence-corrected chi connectivity index (χ4v) is 2.65. The number of amides is 3. The van der Waals surface area contributed by atoms with E-state index in [0.29, 0.717) is 11.3 Å². The molecule has 0 fully saturated rings. The molecule has 0 unspecified atom stereocenters. The highest BCUT2D eigenvalue weighted by atomic mass is 16.5. The molecule has 9 heteroatoms. The smallest absolute Gasteiger partial charge is 0.251 e. The van der Waals surface area contributed by atoms with Crippen LogP contribution in [0, 0.1) is 0 Å². The molecule has 0 aliphatic heterocycles. The van der Waals surface area contributed by atoms with E-state index in [1.807, 2.05) is 0 Å². The molecule has 0 radical (unpaired) electrons. The quantitative estimate of drug-likeness (QED) is 0.404. The van der Waals surface area contributed by atoms with Crippen LogP contribution in [0.25, 0.3) is 0 Å². The number of carbonyl (C=O) groups is 3. The normalized spacial score (nSPS) is 21.7. The van der Waals surface area contributed by atoms with Gasteiger partial charge in [0.1, 0.15) is 11.9 Å². The van der Waals surface area contributed by atoms with Gasteiger partial charge in [0.05, 0.1) is 19.3 Å². The Balaban J connectivity index is 2.07. The SMILES string of the molecule is COc1ccc(C(=O)N[C@@H]2C=C(C(=O)NCCC(N)=O)C[C@@H](O)[C@@H]2O)cc1. The first-order valence-corrected chi connectivity index (χ1v) is 8.40. The van der Waals surface area contributed by atoms with Crippen molar-refractivity contribution in [3.63, 3.8) is 0 Å². The predicted octanol–water partition coefficient (Wildman–Crippen LogP) is -1.16. The van der Waals surface area contributed by atoms with E-state index in [4.69, 9.17) is 10.5 Å². The predicted molar refractivity (Wildman–Crippen MR) is 95.8 cm³/mol. The lowest BCUT2D eigenvalue weighted by molar-refractivity contribution is -0.119. The van der Waals surface area contributed by atoms with Gasteiger partial charge >= 0.3 is 0 Å². The summed E-state index contributed by atoms with van der Waals surface area (Å²) in [5.41, 5.74) is 5.56. The van der Waals surface area contributed by atoms with Gasteiger partial charge in [-0.15, -0.1) is 0 Å². The molecular formula is C18H23N3O6. The zero-order chi connectivity index (χ0) is 20.0. The summed E-state index contributed by atoms with van der Waals surface area (Å²) in [7, 11) is 1.51. The van der Waals surface area contributed by atoms with Gasteiger partial charge in [-0.05, 0) is 24.3 Å². The summed E-state index contributed by atoms with van der Waals surface area (Å²) in [6.07, 6.45) is -1.15. The molecular weight excluding hydrogens is 354 g/mol. The Morgan fingerprint density at radius 3 is 2.44 bits per heavy atom. The van der Waals surface area contributed by atoms with Gasteiger partial charge in [0, 0.05) is 30.5 Å². The topological polar surface area (TPSA) is 151 Å². The molecule has 1 aliphatic rings. The van der Waals surface area contributed by atoms with Crippen LogP contribution in [0.3, 0.4) is 0 Å². The summed E-state index contributed by atoms with van der Waals surface area (Å²) in [6.45, 7) is 0.0625. The van der Waals surface area contributed by atoms with Crippen LogP contribution in [-0.4, -0.2) is 59.8 Å². The summed E-state index contributed by atoms with van der Waals surface area (Å²) in [5.74, 6) is -0.922.